The van der Waals surface area contributed by atoms with E-state index in [1.165, 1.54) is 0 Å². The van der Waals surface area contributed by atoms with Crippen molar-refractivity contribution in [3.63, 3.8) is 0 Å². The topological polar surface area (TPSA) is 75.6 Å². The number of aryl methyl sites for hydroxylation is 1. The maximum atomic E-state index is 12.2. The van der Waals surface area contributed by atoms with Crippen LogP contribution in [0.5, 0.6) is 0 Å². The Hall–Kier alpha value is -0.950. The number of nitrogens with one attached hydrogen (secondary N) is 1. The fourth-order valence-electron chi connectivity index (χ4n) is 2.55. The molecule has 0 aliphatic carbocycles. The fraction of sp³-hybridized carbons (Fsp3) is 0.600. The van der Waals surface area contributed by atoms with Gasteiger partial charge in [0.2, 0.25) is 10.0 Å². The van der Waals surface area contributed by atoms with Gasteiger partial charge in [0.25, 0.3) is 0 Å². The molecule has 0 saturated carbocycles. The summed E-state index contributed by atoms with van der Waals surface area (Å²) in [6, 6.07) is 4.92. The second kappa shape index (κ2) is 7.35. The van der Waals surface area contributed by atoms with Gasteiger partial charge in [-0.25, -0.2) is 13.1 Å². The molecule has 1 fully saturated rings. The van der Waals surface area contributed by atoms with Crippen LogP contribution in [0.25, 0.3) is 0 Å². The third-order valence-corrected chi connectivity index (χ3v) is 5.37. The summed E-state index contributed by atoms with van der Waals surface area (Å²) in [4.78, 5) is 0.214. The van der Waals surface area contributed by atoms with E-state index in [2.05, 4.69) is 4.72 Å². The van der Waals surface area contributed by atoms with Gasteiger partial charge in [-0.15, -0.1) is 0 Å². The van der Waals surface area contributed by atoms with Gasteiger partial charge < -0.3 is 9.84 Å². The van der Waals surface area contributed by atoms with E-state index in [0.717, 1.165) is 38.0 Å². The van der Waals surface area contributed by atoms with E-state index in [1.54, 1.807) is 18.2 Å². The number of aliphatic hydroxyl groups excluding tert-OH is 1. The van der Waals surface area contributed by atoms with Crippen molar-refractivity contribution in [1.82, 2.24) is 4.72 Å². The Balaban J connectivity index is 2.01. The smallest absolute Gasteiger partial charge is 0.240 e. The number of aliphatic hydroxyl groups is 1. The average Bonchev–Trinajstić information content (AvgIpc) is 2.99. The molecule has 0 spiro atoms. The quantitative estimate of drug-likeness (QED) is 0.799. The first-order chi connectivity index (χ1) is 10.1. The van der Waals surface area contributed by atoms with E-state index < -0.39 is 10.0 Å². The van der Waals surface area contributed by atoms with Crippen LogP contribution in [0, 0.1) is 5.92 Å². The Bertz CT molecular complexity index is 565. The lowest BCUT2D eigenvalue weighted by Crippen LogP contribution is -2.26. The molecule has 2 N–H and O–H groups in total. The highest BCUT2D eigenvalue weighted by Crippen LogP contribution is 2.18. The van der Waals surface area contributed by atoms with Gasteiger partial charge in [0, 0.05) is 19.8 Å². The Labute approximate surface area is 126 Å². The summed E-state index contributed by atoms with van der Waals surface area (Å²) in [5.74, 6) is 0.447. The maximum Gasteiger partial charge on any atom is 0.240 e. The molecule has 2 rings (SSSR count). The molecule has 1 saturated heterocycles. The summed E-state index contributed by atoms with van der Waals surface area (Å²) >= 11 is 0. The molecule has 1 aliphatic rings. The molecule has 0 amide bonds. The second-order valence-corrected chi connectivity index (χ2v) is 7.13. The molecule has 1 atom stereocenters. The number of ether oxygens (including phenoxy) is 1. The summed E-state index contributed by atoms with van der Waals surface area (Å²) in [5, 5.41) is 9.33. The van der Waals surface area contributed by atoms with Crippen LogP contribution < -0.4 is 4.72 Å². The summed E-state index contributed by atoms with van der Waals surface area (Å²) in [5.41, 5.74) is 1.64. The van der Waals surface area contributed by atoms with Gasteiger partial charge in [-0.1, -0.05) is 13.0 Å². The van der Waals surface area contributed by atoms with Gasteiger partial charge in [0.15, 0.2) is 0 Å². The van der Waals surface area contributed by atoms with Gasteiger partial charge in [0.1, 0.15) is 0 Å². The molecular weight excluding hydrogens is 290 g/mol. The molecule has 21 heavy (non-hydrogen) atoms. The van der Waals surface area contributed by atoms with Crippen molar-refractivity contribution in [1.29, 1.82) is 0 Å². The summed E-state index contributed by atoms with van der Waals surface area (Å²) in [7, 11) is -3.51. The first-order valence-corrected chi connectivity index (χ1v) is 8.85. The molecule has 0 aromatic heterocycles. The minimum absolute atomic E-state index is 0.147. The Morgan fingerprint density at radius 1 is 1.38 bits per heavy atom. The van der Waals surface area contributed by atoms with Crippen molar-refractivity contribution in [2.24, 2.45) is 5.92 Å². The second-order valence-electron chi connectivity index (χ2n) is 5.36. The van der Waals surface area contributed by atoms with E-state index in [9.17, 15) is 13.5 Å². The molecule has 1 heterocycles. The largest absolute Gasteiger partial charge is 0.392 e. The minimum Gasteiger partial charge on any atom is -0.392 e. The van der Waals surface area contributed by atoms with Crippen molar-refractivity contribution < 1.29 is 18.3 Å². The molecule has 0 radical (unpaired) electrons. The first-order valence-electron chi connectivity index (χ1n) is 7.37. The zero-order chi connectivity index (χ0) is 15.3. The molecule has 1 unspecified atom stereocenters. The van der Waals surface area contributed by atoms with E-state index >= 15 is 0 Å². The van der Waals surface area contributed by atoms with Crippen molar-refractivity contribution in [2.75, 3.05) is 19.8 Å². The highest BCUT2D eigenvalue weighted by Gasteiger charge is 2.18. The van der Waals surface area contributed by atoms with E-state index in [1.807, 2.05) is 6.92 Å². The lowest BCUT2D eigenvalue weighted by atomic mass is 10.1. The van der Waals surface area contributed by atoms with Crippen LogP contribution in [0.4, 0.5) is 0 Å². The molecular formula is C15H23NO4S. The highest BCUT2D eigenvalue weighted by atomic mass is 32.2. The Morgan fingerprint density at radius 2 is 2.19 bits per heavy atom. The van der Waals surface area contributed by atoms with Gasteiger partial charge in [0.05, 0.1) is 11.5 Å². The van der Waals surface area contributed by atoms with Gasteiger partial charge in [-0.2, -0.15) is 0 Å². The van der Waals surface area contributed by atoms with Crippen LogP contribution in [-0.2, 0) is 27.8 Å². The van der Waals surface area contributed by atoms with E-state index in [-0.39, 0.29) is 11.5 Å². The van der Waals surface area contributed by atoms with Crippen LogP contribution in [0.2, 0.25) is 0 Å². The first kappa shape index (κ1) is 16.4. The van der Waals surface area contributed by atoms with Gasteiger partial charge >= 0.3 is 0 Å². The zero-order valence-electron chi connectivity index (χ0n) is 12.3. The minimum atomic E-state index is -3.51. The standard InChI is InChI=1S/C15H23NO4S/c1-2-13-3-4-15(9-14(13)10-17)21(18,19)16-7-5-12-6-8-20-11-12/h3-4,9,12,16-17H,2,5-8,10-11H2,1H3. The fourth-order valence-corrected chi connectivity index (χ4v) is 3.65. The van der Waals surface area contributed by atoms with Crippen LogP contribution in [0.1, 0.15) is 30.9 Å². The third-order valence-electron chi connectivity index (χ3n) is 3.91. The third kappa shape index (κ3) is 4.26. The number of benzene rings is 1. The predicted molar refractivity (Wildman–Crippen MR) is 80.5 cm³/mol. The molecule has 1 aromatic rings. The van der Waals surface area contributed by atoms with Crippen LogP contribution in [0.3, 0.4) is 0 Å². The Kier molecular flexibility index (Phi) is 5.75. The summed E-state index contributed by atoms with van der Waals surface area (Å²) in [6.45, 7) is 3.74. The lowest BCUT2D eigenvalue weighted by molar-refractivity contribution is 0.184. The summed E-state index contributed by atoms with van der Waals surface area (Å²) < 4.78 is 32.4. The number of rotatable bonds is 7. The molecule has 5 nitrogen and oxygen atoms in total. The van der Waals surface area contributed by atoms with E-state index in [0.29, 0.717) is 18.0 Å². The zero-order valence-corrected chi connectivity index (χ0v) is 13.2. The SMILES string of the molecule is CCc1ccc(S(=O)(=O)NCCC2CCOC2)cc1CO. The average molecular weight is 313 g/mol. The molecule has 6 heteroatoms. The van der Waals surface area contributed by atoms with Crippen molar-refractivity contribution >= 4 is 10.0 Å². The van der Waals surface area contributed by atoms with Crippen molar-refractivity contribution in [3.05, 3.63) is 29.3 Å². The highest BCUT2D eigenvalue weighted by molar-refractivity contribution is 7.89. The lowest BCUT2D eigenvalue weighted by Gasteiger charge is -2.12. The molecule has 1 aromatic carbocycles. The van der Waals surface area contributed by atoms with Crippen molar-refractivity contribution in [2.45, 2.75) is 37.7 Å². The Morgan fingerprint density at radius 3 is 2.81 bits per heavy atom. The number of hydrogen-bond donors (Lipinski definition) is 2. The molecule has 1 aliphatic heterocycles. The predicted octanol–water partition coefficient (Wildman–Crippen LogP) is 1.45. The molecule has 118 valence electrons. The maximum absolute atomic E-state index is 12.2. The normalized spacial score (nSPS) is 19.0. The van der Waals surface area contributed by atoms with Crippen molar-refractivity contribution in [3.8, 4) is 0 Å². The monoisotopic (exact) mass is 313 g/mol. The van der Waals surface area contributed by atoms with Crippen LogP contribution >= 0.6 is 0 Å². The number of hydrogen-bond acceptors (Lipinski definition) is 4. The summed E-state index contributed by atoms with van der Waals surface area (Å²) in [6.07, 6.45) is 2.56. The number of sulfonamides is 1. The van der Waals surface area contributed by atoms with E-state index in [4.69, 9.17) is 4.74 Å². The van der Waals surface area contributed by atoms with Gasteiger partial charge in [-0.3, -0.25) is 0 Å². The van der Waals surface area contributed by atoms with Crippen LogP contribution in [-0.4, -0.2) is 33.3 Å². The molecule has 0 bridgehead atoms. The van der Waals surface area contributed by atoms with Crippen LogP contribution in [0.15, 0.2) is 23.1 Å². The van der Waals surface area contributed by atoms with Gasteiger partial charge in [-0.05, 0) is 48.4 Å².